The van der Waals surface area contributed by atoms with Crippen LogP contribution >= 0.6 is 0 Å². The maximum absolute atomic E-state index is 12.9. The van der Waals surface area contributed by atoms with E-state index in [2.05, 4.69) is 12.2 Å². The molecule has 2 atom stereocenters. The molecular formula is C19H29N3O3. The van der Waals surface area contributed by atoms with Crippen molar-refractivity contribution in [2.45, 2.75) is 33.2 Å². The van der Waals surface area contributed by atoms with Crippen LogP contribution in [-0.2, 0) is 4.79 Å². The number of amides is 2. The van der Waals surface area contributed by atoms with Crippen molar-refractivity contribution >= 4 is 11.8 Å². The van der Waals surface area contributed by atoms with Gasteiger partial charge in [0.1, 0.15) is 11.8 Å². The van der Waals surface area contributed by atoms with Crippen molar-refractivity contribution in [1.82, 2.24) is 10.2 Å². The molecule has 0 saturated carbocycles. The Bertz CT molecular complexity index is 615. The number of nitrogens with one attached hydrogen (secondary N) is 1. The number of ether oxygens (including phenoxy) is 1. The number of rotatable bonds is 6. The highest BCUT2D eigenvalue weighted by Gasteiger charge is 2.38. The molecule has 1 aromatic rings. The van der Waals surface area contributed by atoms with Gasteiger partial charge in [0.15, 0.2) is 0 Å². The van der Waals surface area contributed by atoms with Crippen LogP contribution in [0.5, 0.6) is 5.75 Å². The molecule has 1 aliphatic heterocycles. The van der Waals surface area contributed by atoms with E-state index in [1.807, 2.05) is 18.7 Å². The molecular weight excluding hydrogens is 318 g/mol. The van der Waals surface area contributed by atoms with E-state index in [0.717, 1.165) is 6.42 Å². The van der Waals surface area contributed by atoms with Crippen LogP contribution in [0.2, 0.25) is 0 Å². The van der Waals surface area contributed by atoms with Crippen molar-refractivity contribution in [3.8, 4) is 5.75 Å². The van der Waals surface area contributed by atoms with Crippen LogP contribution in [-0.4, -0.2) is 49.5 Å². The van der Waals surface area contributed by atoms with E-state index in [-0.39, 0.29) is 23.1 Å². The standard InChI is InChI=1S/C19H29N3O3/c1-13(2)16(18(24)22-10-9-19(3,11-20)12-22)21-17(23)14-5-7-15(25-4)8-6-14/h5-8,13,16H,9-12,20H2,1-4H3,(H,21,23). The first kappa shape index (κ1) is 19.2. The summed E-state index contributed by atoms with van der Waals surface area (Å²) in [6.07, 6.45) is 0.895. The van der Waals surface area contributed by atoms with Gasteiger partial charge in [-0.15, -0.1) is 0 Å². The fourth-order valence-electron chi connectivity index (χ4n) is 3.06. The summed E-state index contributed by atoms with van der Waals surface area (Å²) in [5.74, 6) is 0.398. The second-order valence-corrected chi connectivity index (χ2v) is 7.45. The molecule has 25 heavy (non-hydrogen) atoms. The van der Waals surface area contributed by atoms with Gasteiger partial charge in [0.05, 0.1) is 7.11 Å². The molecule has 0 bridgehead atoms. The number of methoxy groups -OCH3 is 1. The van der Waals surface area contributed by atoms with Gasteiger partial charge in [0, 0.05) is 18.7 Å². The molecule has 3 N–H and O–H groups in total. The Kier molecular flexibility index (Phi) is 6.06. The van der Waals surface area contributed by atoms with Gasteiger partial charge in [-0.3, -0.25) is 9.59 Å². The van der Waals surface area contributed by atoms with Crippen LogP contribution in [0.3, 0.4) is 0 Å². The van der Waals surface area contributed by atoms with E-state index >= 15 is 0 Å². The maximum Gasteiger partial charge on any atom is 0.251 e. The summed E-state index contributed by atoms with van der Waals surface area (Å²) < 4.78 is 5.10. The number of benzene rings is 1. The molecule has 1 aromatic carbocycles. The highest BCUT2D eigenvalue weighted by atomic mass is 16.5. The Balaban J connectivity index is 2.07. The number of hydrogen-bond acceptors (Lipinski definition) is 4. The highest BCUT2D eigenvalue weighted by molar-refractivity contribution is 5.97. The molecule has 1 aliphatic rings. The van der Waals surface area contributed by atoms with Crippen LogP contribution in [0, 0.1) is 11.3 Å². The van der Waals surface area contributed by atoms with E-state index in [1.165, 1.54) is 0 Å². The lowest BCUT2D eigenvalue weighted by Crippen LogP contribution is -2.51. The number of nitrogens with zero attached hydrogens (tertiary/aromatic N) is 1. The van der Waals surface area contributed by atoms with Crippen molar-refractivity contribution in [2.75, 3.05) is 26.7 Å². The van der Waals surface area contributed by atoms with E-state index in [9.17, 15) is 9.59 Å². The minimum atomic E-state index is -0.547. The van der Waals surface area contributed by atoms with E-state index in [4.69, 9.17) is 10.5 Å². The lowest BCUT2D eigenvalue weighted by Gasteiger charge is -2.28. The Morgan fingerprint density at radius 2 is 1.96 bits per heavy atom. The van der Waals surface area contributed by atoms with Crippen LogP contribution in [0.25, 0.3) is 0 Å². The third-order valence-electron chi connectivity index (χ3n) is 4.93. The van der Waals surface area contributed by atoms with Crippen molar-refractivity contribution in [3.63, 3.8) is 0 Å². The maximum atomic E-state index is 12.9. The van der Waals surface area contributed by atoms with Crippen LogP contribution in [0.15, 0.2) is 24.3 Å². The molecule has 2 rings (SSSR count). The first-order chi connectivity index (χ1) is 11.8. The summed E-state index contributed by atoms with van der Waals surface area (Å²) in [5.41, 5.74) is 6.31. The predicted molar refractivity (Wildman–Crippen MR) is 97.4 cm³/mol. The number of hydrogen-bond donors (Lipinski definition) is 2. The molecule has 0 spiro atoms. The van der Waals surface area contributed by atoms with Crippen LogP contribution in [0.4, 0.5) is 0 Å². The largest absolute Gasteiger partial charge is 0.497 e. The Morgan fingerprint density at radius 3 is 2.44 bits per heavy atom. The Hall–Kier alpha value is -2.08. The van der Waals surface area contributed by atoms with E-state index in [0.29, 0.717) is 30.9 Å². The van der Waals surface area contributed by atoms with Gasteiger partial charge >= 0.3 is 0 Å². The molecule has 6 nitrogen and oxygen atoms in total. The minimum Gasteiger partial charge on any atom is -0.497 e. The average molecular weight is 347 g/mol. The van der Waals surface area contributed by atoms with Gasteiger partial charge in [0.2, 0.25) is 5.91 Å². The number of likely N-dealkylation sites (tertiary alicyclic amines) is 1. The third-order valence-corrected chi connectivity index (χ3v) is 4.93. The fraction of sp³-hybridized carbons (Fsp3) is 0.579. The summed E-state index contributed by atoms with van der Waals surface area (Å²) in [4.78, 5) is 27.3. The van der Waals surface area contributed by atoms with Gasteiger partial charge in [-0.05, 0) is 48.6 Å². The molecule has 1 saturated heterocycles. The Labute approximate surface area is 149 Å². The SMILES string of the molecule is COc1ccc(C(=O)NC(C(=O)N2CCC(C)(CN)C2)C(C)C)cc1. The van der Waals surface area contributed by atoms with Gasteiger partial charge in [-0.1, -0.05) is 20.8 Å². The summed E-state index contributed by atoms with van der Waals surface area (Å²) in [6, 6.07) is 6.30. The van der Waals surface area contributed by atoms with Crippen molar-refractivity contribution < 1.29 is 14.3 Å². The quantitative estimate of drug-likeness (QED) is 0.819. The fourth-order valence-corrected chi connectivity index (χ4v) is 3.06. The zero-order valence-corrected chi connectivity index (χ0v) is 15.5. The molecule has 0 aromatic heterocycles. The van der Waals surface area contributed by atoms with E-state index < -0.39 is 6.04 Å². The first-order valence-electron chi connectivity index (χ1n) is 8.73. The van der Waals surface area contributed by atoms with Crippen molar-refractivity contribution in [2.24, 2.45) is 17.1 Å². The van der Waals surface area contributed by atoms with E-state index in [1.54, 1.807) is 31.4 Å². The van der Waals surface area contributed by atoms with Gasteiger partial charge in [-0.25, -0.2) is 0 Å². The molecule has 2 unspecified atom stereocenters. The summed E-state index contributed by atoms with van der Waals surface area (Å²) in [6.45, 7) is 7.87. The molecule has 2 amide bonds. The van der Waals surface area contributed by atoms with Crippen LogP contribution < -0.4 is 15.8 Å². The number of nitrogens with two attached hydrogens (primary N) is 1. The molecule has 138 valence electrons. The second-order valence-electron chi connectivity index (χ2n) is 7.45. The highest BCUT2D eigenvalue weighted by Crippen LogP contribution is 2.29. The second kappa shape index (κ2) is 7.87. The zero-order chi connectivity index (χ0) is 18.6. The topological polar surface area (TPSA) is 84.7 Å². The zero-order valence-electron chi connectivity index (χ0n) is 15.5. The molecule has 0 aliphatic carbocycles. The molecule has 1 fully saturated rings. The average Bonchev–Trinajstić information content (AvgIpc) is 3.01. The van der Waals surface area contributed by atoms with Crippen molar-refractivity contribution in [3.05, 3.63) is 29.8 Å². The van der Waals surface area contributed by atoms with Crippen LogP contribution in [0.1, 0.15) is 37.6 Å². The smallest absolute Gasteiger partial charge is 0.251 e. The first-order valence-corrected chi connectivity index (χ1v) is 8.73. The summed E-state index contributed by atoms with van der Waals surface area (Å²) >= 11 is 0. The lowest BCUT2D eigenvalue weighted by atomic mass is 9.90. The van der Waals surface area contributed by atoms with Crippen molar-refractivity contribution in [1.29, 1.82) is 0 Å². The molecule has 6 heteroatoms. The molecule has 1 heterocycles. The van der Waals surface area contributed by atoms with Gasteiger partial charge in [0.25, 0.3) is 5.91 Å². The number of carbonyl (C=O) groups excluding carboxylic acids is 2. The normalized spacial score (nSPS) is 21.3. The monoisotopic (exact) mass is 347 g/mol. The van der Waals surface area contributed by atoms with Gasteiger partial charge < -0.3 is 20.7 Å². The molecule has 0 radical (unpaired) electrons. The summed E-state index contributed by atoms with van der Waals surface area (Å²) in [7, 11) is 1.58. The number of carbonyl (C=O) groups is 2. The Morgan fingerprint density at radius 1 is 1.32 bits per heavy atom. The van der Waals surface area contributed by atoms with Gasteiger partial charge in [-0.2, -0.15) is 0 Å². The summed E-state index contributed by atoms with van der Waals surface area (Å²) in [5, 5.41) is 2.89. The minimum absolute atomic E-state index is 0.000527. The predicted octanol–water partition coefficient (Wildman–Crippen LogP) is 1.65. The third kappa shape index (κ3) is 4.51. The lowest BCUT2D eigenvalue weighted by molar-refractivity contribution is -0.133.